The maximum atomic E-state index is 11.2. The summed E-state index contributed by atoms with van der Waals surface area (Å²) in [5.74, 6) is -0.994. The van der Waals surface area contributed by atoms with Crippen LogP contribution in [0.5, 0.6) is 0 Å². The molecule has 0 bridgehead atoms. The van der Waals surface area contributed by atoms with E-state index in [1.807, 2.05) is 61.5 Å². The lowest BCUT2D eigenvalue weighted by Crippen LogP contribution is -2.12. The second kappa shape index (κ2) is 10.8. The van der Waals surface area contributed by atoms with Crippen molar-refractivity contribution >= 4 is 23.4 Å². The summed E-state index contributed by atoms with van der Waals surface area (Å²) in [4.78, 5) is 31.9. The third-order valence-corrected chi connectivity index (χ3v) is 3.82. The van der Waals surface area contributed by atoms with Crippen LogP contribution < -0.4 is 0 Å². The fourth-order valence-corrected chi connectivity index (χ4v) is 2.57. The van der Waals surface area contributed by atoms with Crippen LogP contribution >= 0.6 is 0 Å². The van der Waals surface area contributed by atoms with Crippen molar-refractivity contribution in [3.63, 3.8) is 0 Å². The minimum absolute atomic E-state index is 0.305. The van der Waals surface area contributed by atoms with Gasteiger partial charge in [0.2, 0.25) is 0 Å². The third-order valence-electron chi connectivity index (χ3n) is 3.82. The predicted octanol–water partition coefficient (Wildman–Crippen LogP) is 4.73. The summed E-state index contributed by atoms with van der Waals surface area (Å²) in [6.07, 6.45) is 1.77. The highest BCUT2D eigenvalue weighted by atomic mass is 16.7. The monoisotopic (exact) mass is 380 g/mol. The summed E-state index contributed by atoms with van der Waals surface area (Å²) in [6.45, 7) is 4.59. The van der Waals surface area contributed by atoms with E-state index in [4.69, 9.17) is 9.68 Å². The van der Waals surface area contributed by atoms with E-state index in [0.29, 0.717) is 24.3 Å². The molecule has 2 aromatic carbocycles. The summed E-state index contributed by atoms with van der Waals surface area (Å²) < 4.78 is 0. The van der Waals surface area contributed by atoms with Crippen molar-refractivity contribution in [3.8, 4) is 11.1 Å². The topological polar surface area (TPSA) is 77.3 Å². The molecule has 0 radical (unpaired) electrons. The standard InChI is InChI=1S/C22H24N2O4/c1-4-8-21(23-27-16(2)25)15-22(24-28-17(3)26)20-13-11-19(12-14-20)18-9-6-5-7-10-18/h5-7,9-14H,4,8,15H2,1-3H3/b23-21+,24-22-. The van der Waals surface area contributed by atoms with Gasteiger partial charge < -0.3 is 9.68 Å². The first-order chi connectivity index (χ1) is 13.5. The molecule has 6 nitrogen and oxygen atoms in total. The smallest absolute Gasteiger partial charge is 0.319 e. The van der Waals surface area contributed by atoms with Crippen molar-refractivity contribution in [3.05, 3.63) is 60.2 Å². The summed E-state index contributed by atoms with van der Waals surface area (Å²) in [7, 11) is 0. The van der Waals surface area contributed by atoms with Crippen LogP contribution in [-0.2, 0) is 19.3 Å². The number of hydrogen-bond donors (Lipinski definition) is 0. The fourth-order valence-electron chi connectivity index (χ4n) is 2.57. The fraction of sp³-hybridized carbons (Fsp3) is 0.273. The van der Waals surface area contributed by atoms with E-state index in [-0.39, 0.29) is 0 Å². The van der Waals surface area contributed by atoms with Crippen LogP contribution in [0.25, 0.3) is 11.1 Å². The zero-order valence-electron chi connectivity index (χ0n) is 16.3. The molecule has 2 rings (SSSR count). The first-order valence-electron chi connectivity index (χ1n) is 9.13. The van der Waals surface area contributed by atoms with Gasteiger partial charge in [0.1, 0.15) is 0 Å². The van der Waals surface area contributed by atoms with E-state index in [9.17, 15) is 9.59 Å². The molecular formula is C22H24N2O4. The molecule has 28 heavy (non-hydrogen) atoms. The van der Waals surface area contributed by atoms with Gasteiger partial charge in [-0.2, -0.15) is 0 Å². The largest absolute Gasteiger partial charge is 0.331 e. The highest BCUT2D eigenvalue weighted by Crippen LogP contribution is 2.20. The first kappa shape index (κ1) is 21.0. The van der Waals surface area contributed by atoms with Crippen molar-refractivity contribution in [2.24, 2.45) is 10.3 Å². The molecule has 0 fully saturated rings. The van der Waals surface area contributed by atoms with Gasteiger partial charge in [-0.15, -0.1) is 0 Å². The van der Waals surface area contributed by atoms with E-state index in [2.05, 4.69) is 10.3 Å². The highest BCUT2D eigenvalue weighted by molar-refractivity contribution is 6.12. The lowest BCUT2D eigenvalue weighted by atomic mass is 9.99. The molecule has 0 aliphatic rings. The van der Waals surface area contributed by atoms with Crippen molar-refractivity contribution in [2.75, 3.05) is 0 Å². The molecule has 0 saturated heterocycles. The molecule has 0 spiro atoms. The van der Waals surface area contributed by atoms with Crippen LogP contribution in [0.4, 0.5) is 0 Å². The van der Waals surface area contributed by atoms with Gasteiger partial charge >= 0.3 is 11.9 Å². The van der Waals surface area contributed by atoms with Crippen molar-refractivity contribution < 1.29 is 19.3 Å². The maximum Gasteiger partial charge on any atom is 0.331 e. The van der Waals surface area contributed by atoms with Crippen molar-refractivity contribution in [1.82, 2.24) is 0 Å². The Kier molecular flexibility index (Phi) is 8.09. The molecular weight excluding hydrogens is 356 g/mol. The molecule has 0 atom stereocenters. The van der Waals surface area contributed by atoms with E-state index in [0.717, 1.165) is 23.1 Å². The van der Waals surface area contributed by atoms with Crippen LogP contribution in [0, 0.1) is 0 Å². The van der Waals surface area contributed by atoms with Gasteiger partial charge in [0, 0.05) is 20.3 Å². The Balaban J connectivity index is 2.29. The number of carbonyl (C=O) groups excluding carboxylic acids is 2. The van der Waals surface area contributed by atoms with Crippen LogP contribution in [0.15, 0.2) is 64.9 Å². The minimum atomic E-state index is -0.507. The molecule has 0 aliphatic carbocycles. The second-order valence-corrected chi connectivity index (χ2v) is 6.23. The molecule has 0 unspecified atom stereocenters. The maximum absolute atomic E-state index is 11.2. The Morgan fingerprint density at radius 2 is 1.39 bits per heavy atom. The van der Waals surface area contributed by atoms with Crippen LogP contribution in [-0.4, -0.2) is 23.4 Å². The van der Waals surface area contributed by atoms with Gasteiger partial charge in [-0.05, 0) is 23.1 Å². The molecule has 0 aliphatic heterocycles. The summed E-state index contributed by atoms with van der Waals surface area (Å²) in [6, 6.07) is 17.8. The zero-order chi connectivity index (χ0) is 20.4. The molecule has 0 N–H and O–H groups in total. The SMILES string of the molecule is CCC/C(C/C(=N/OC(C)=O)c1ccc(-c2ccccc2)cc1)=N\OC(C)=O. The highest BCUT2D eigenvalue weighted by Gasteiger charge is 2.12. The van der Waals surface area contributed by atoms with Gasteiger partial charge in [0.25, 0.3) is 0 Å². The molecule has 0 aromatic heterocycles. The van der Waals surface area contributed by atoms with Gasteiger partial charge in [0.05, 0.1) is 11.4 Å². The van der Waals surface area contributed by atoms with Gasteiger partial charge in [0.15, 0.2) is 0 Å². The van der Waals surface area contributed by atoms with Gasteiger partial charge in [-0.25, -0.2) is 9.59 Å². The van der Waals surface area contributed by atoms with Crippen LogP contribution in [0.3, 0.4) is 0 Å². The van der Waals surface area contributed by atoms with Crippen LogP contribution in [0.2, 0.25) is 0 Å². The van der Waals surface area contributed by atoms with Gasteiger partial charge in [-0.1, -0.05) is 78.3 Å². The summed E-state index contributed by atoms with van der Waals surface area (Å²) in [5, 5.41) is 7.91. The van der Waals surface area contributed by atoms with E-state index < -0.39 is 11.9 Å². The van der Waals surface area contributed by atoms with Crippen molar-refractivity contribution in [1.29, 1.82) is 0 Å². The number of rotatable bonds is 8. The second-order valence-electron chi connectivity index (χ2n) is 6.23. The third kappa shape index (κ3) is 6.79. The Morgan fingerprint density at radius 1 is 0.821 bits per heavy atom. The number of carbonyl (C=O) groups is 2. The van der Waals surface area contributed by atoms with E-state index in [1.165, 1.54) is 13.8 Å². The van der Waals surface area contributed by atoms with E-state index >= 15 is 0 Å². The first-order valence-corrected chi connectivity index (χ1v) is 9.13. The quantitative estimate of drug-likeness (QED) is 0.377. The Bertz CT molecular complexity index is 856. The number of benzene rings is 2. The molecule has 0 heterocycles. The Morgan fingerprint density at radius 3 is 1.96 bits per heavy atom. The Labute approximate surface area is 164 Å². The normalized spacial score (nSPS) is 11.8. The summed E-state index contributed by atoms with van der Waals surface area (Å²) >= 11 is 0. The van der Waals surface area contributed by atoms with Crippen molar-refractivity contribution in [2.45, 2.75) is 40.0 Å². The minimum Gasteiger partial charge on any atom is -0.319 e. The van der Waals surface area contributed by atoms with Crippen LogP contribution in [0.1, 0.15) is 45.6 Å². The number of nitrogens with zero attached hydrogens (tertiary/aromatic N) is 2. The predicted molar refractivity (Wildman–Crippen MR) is 109 cm³/mol. The molecule has 0 saturated carbocycles. The lowest BCUT2D eigenvalue weighted by Gasteiger charge is -2.09. The summed E-state index contributed by atoms with van der Waals surface area (Å²) in [5.41, 5.74) is 4.16. The molecule has 146 valence electrons. The molecule has 0 amide bonds. The number of hydrogen-bond acceptors (Lipinski definition) is 6. The van der Waals surface area contributed by atoms with Gasteiger partial charge in [-0.3, -0.25) is 0 Å². The lowest BCUT2D eigenvalue weighted by molar-refractivity contribution is -0.141. The Hall–Kier alpha value is -3.28. The average Bonchev–Trinajstić information content (AvgIpc) is 2.70. The van der Waals surface area contributed by atoms with E-state index in [1.54, 1.807) is 0 Å². The molecule has 2 aromatic rings. The average molecular weight is 380 g/mol. The molecule has 6 heteroatoms. The number of oxime groups is 2. The zero-order valence-corrected chi connectivity index (χ0v) is 16.3.